The molecule has 1 aliphatic carbocycles. The summed E-state index contributed by atoms with van der Waals surface area (Å²) in [5.41, 5.74) is 8.41. The van der Waals surface area contributed by atoms with Crippen LogP contribution in [-0.2, 0) is 0 Å². The van der Waals surface area contributed by atoms with Crippen LogP contribution in [0.2, 0.25) is 0 Å². The van der Waals surface area contributed by atoms with Crippen molar-refractivity contribution in [3.8, 4) is 0 Å². The van der Waals surface area contributed by atoms with Gasteiger partial charge in [0, 0.05) is 25.3 Å². The summed E-state index contributed by atoms with van der Waals surface area (Å²) in [6, 6.07) is 8.68. The predicted molar refractivity (Wildman–Crippen MR) is 80.6 cm³/mol. The fraction of sp³-hybridized carbons (Fsp3) is 0.625. The summed E-state index contributed by atoms with van der Waals surface area (Å²) < 4.78 is 0. The highest BCUT2D eigenvalue weighted by Gasteiger charge is 2.15. The van der Waals surface area contributed by atoms with Crippen molar-refractivity contribution < 1.29 is 5.11 Å². The fourth-order valence-electron chi connectivity index (χ4n) is 2.95. The van der Waals surface area contributed by atoms with Crippen LogP contribution in [0.5, 0.6) is 0 Å². The van der Waals surface area contributed by atoms with Crippen molar-refractivity contribution in [1.82, 2.24) is 0 Å². The predicted octanol–water partition coefficient (Wildman–Crippen LogP) is 2.49. The van der Waals surface area contributed by atoms with Crippen LogP contribution in [0.1, 0.15) is 43.6 Å². The molecule has 3 nitrogen and oxygen atoms in total. The molecule has 2 rings (SSSR count). The molecule has 3 heteroatoms. The fourth-order valence-corrected chi connectivity index (χ4v) is 2.95. The molecule has 0 amide bonds. The highest BCUT2D eigenvalue weighted by molar-refractivity contribution is 5.47. The third kappa shape index (κ3) is 3.95. The lowest BCUT2D eigenvalue weighted by Crippen LogP contribution is -2.37. The summed E-state index contributed by atoms with van der Waals surface area (Å²) in [6.45, 7) is 0.712. The third-order valence-electron chi connectivity index (χ3n) is 4.15. The van der Waals surface area contributed by atoms with Gasteiger partial charge in [-0.1, -0.05) is 31.4 Å². The molecule has 0 saturated heterocycles. The van der Waals surface area contributed by atoms with Crippen LogP contribution in [0.15, 0.2) is 24.3 Å². The van der Waals surface area contributed by atoms with Crippen LogP contribution < -0.4 is 10.6 Å². The maximum absolute atomic E-state index is 8.99. The Hall–Kier alpha value is -1.06. The van der Waals surface area contributed by atoms with Gasteiger partial charge in [0.25, 0.3) is 0 Å². The lowest BCUT2D eigenvalue weighted by atomic mass is 9.84. The van der Waals surface area contributed by atoms with Crippen LogP contribution in [-0.4, -0.2) is 31.3 Å². The monoisotopic (exact) mass is 262 g/mol. The number of hydrogen-bond donors (Lipinski definition) is 2. The summed E-state index contributed by atoms with van der Waals surface area (Å²) in [4.78, 5) is 2.10. The average Bonchev–Trinajstić information content (AvgIpc) is 2.48. The number of likely N-dealkylation sites (N-methyl/N-ethyl adjacent to an activating group) is 1. The number of nitrogens with zero attached hydrogens (tertiary/aromatic N) is 1. The van der Waals surface area contributed by atoms with Gasteiger partial charge in [0.05, 0.1) is 6.61 Å². The van der Waals surface area contributed by atoms with E-state index in [0.717, 1.165) is 5.92 Å². The van der Waals surface area contributed by atoms with Gasteiger partial charge in [-0.2, -0.15) is 0 Å². The second-order valence-corrected chi connectivity index (χ2v) is 5.75. The second kappa shape index (κ2) is 6.92. The van der Waals surface area contributed by atoms with Crippen molar-refractivity contribution in [3.05, 3.63) is 29.8 Å². The largest absolute Gasteiger partial charge is 0.395 e. The molecule has 0 bridgehead atoms. The van der Waals surface area contributed by atoms with E-state index >= 15 is 0 Å². The SMILES string of the molecule is CN(CC(N)CO)c1ccc(C2CCCCC2)cc1. The Morgan fingerprint density at radius 3 is 2.42 bits per heavy atom. The summed E-state index contributed by atoms with van der Waals surface area (Å²) >= 11 is 0. The Morgan fingerprint density at radius 1 is 1.21 bits per heavy atom. The molecule has 1 aromatic carbocycles. The molecule has 0 spiro atoms. The van der Waals surface area contributed by atoms with Crippen LogP contribution in [0, 0.1) is 0 Å². The van der Waals surface area contributed by atoms with Gasteiger partial charge in [-0.3, -0.25) is 0 Å². The number of hydrogen-bond acceptors (Lipinski definition) is 3. The summed E-state index contributed by atoms with van der Waals surface area (Å²) in [5.74, 6) is 0.757. The third-order valence-corrected chi connectivity index (χ3v) is 4.15. The van der Waals surface area contributed by atoms with E-state index in [2.05, 4.69) is 29.2 Å². The minimum Gasteiger partial charge on any atom is -0.395 e. The van der Waals surface area contributed by atoms with E-state index < -0.39 is 0 Å². The van der Waals surface area contributed by atoms with E-state index in [0.29, 0.717) is 6.54 Å². The van der Waals surface area contributed by atoms with Gasteiger partial charge >= 0.3 is 0 Å². The first kappa shape index (κ1) is 14.4. The molecule has 1 atom stereocenters. The van der Waals surface area contributed by atoms with E-state index in [-0.39, 0.29) is 12.6 Å². The molecule has 106 valence electrons. The van der Waals surface area contributed by atoms with Crippen molar-refractivity contribution in [2.75, 3.05) is 25.1 Å². The highest BCUT2D eigenvalue weighted by atomic mass is 16.3. The van der Waals surface area contributed by atoms with Crippen molar-refractivity contribution in [2.24, 2.45) is 5.73 Å². The zero-order chi connectivity index (χ0) is 13.7. The highest BCUT2D eigenvalue weighted by Crippen LogP contribution is 2.33. The van der Waals surface area contributed by atoms with Crippen molar-refractivity contribution in [2.45, 2.75) is 44.1 Å². The standard InChI is InChI=1S/C16H26N2O/c1-18(11-15(17)12-19)16-9-7-14(8-10-16)13-5-3-2-4-6-13/h7-10,13,15,19H,2-6,11-12,17H2,1H3. The van der Waals surface area contributed by atoms with Gasteiger partial charge in [-0.25, -0.2) is 0 Å². The summed E-state index contributed by atoms with van der Waals surface area (Å²) in [7, 11) is 2.02. The van der Waals surface area contributed by atoms with E-state index in [1.54, 1.807) is 0 Å². The number of nitrogens with two attached hydrogens (primary N) is 1. The Labute approximate surface area is 116 Å². The number of anilines is 1. The Morgan fingerprint density at radius 2 is 1.84 bits per heavy atom. The zero-order valence-electron chi connectivity index (χ0n) is 11.9. The molecule has 1 unspecified atom stereocenters. The van der Waals surface area contributed by atoms with Crippen LogP contribution in [0.3, 0.4) is 0 Å². The topological polar surface area (TPSA) is 49.5 Å². The van der Waals surface area contributed by atoms with Crippen LogP contribution >= 0.6 is 0 Å². The Bertz CT molecular complexity index is 371. The zero-order valence-corrected chi connectivity index (χ0v) is 11.9. The molecule has 19 heavy (non-hydrogen) atoms. The van der Waals surface area contributed by atoms with Crippen LogP contribution in [0.25, 0.3) is 0 Å². The molecule has 3 N–H and O–H groups in total. The average molecular weight is 262 g/mol. The maximum Gasteiger partial charge on any atom is 0.0599 e. The Kier molecular flexibility index (Phi) is 5.23. The van der Waals surface area contributed by atoms with E-state index in [1.165, 1.54) is 43.4 Å². The number of benzene rings is 1. The lowest BCUT2D eigenvalue weighted by molar-refractivity contribution is 0.267. The normalized spacial score (nSPS) is 18.3. The molecule has 0 radical (unpaired) electrons. The molecular formula is C16H26N2O. The minimum absolute atomic E-state index is 0.0322. The first-order chi connectivity index (χ1) is 9.20. The molecule has 0 heterocycles. The Balaban J connectivity index is 1.97. The van der Waals surface area contributed by atoms with E-state index in [4.69, 9.17) is 10.8 Å². The molecule has 1 saturated carbocycles. The first-order valence-corrected chi connectivity index (χ1v) is 7.38. The number of aliphatic hydroxyl groups is 1. The van der Waals surface area contributed by atoms with Gasteiger partial charge < -0.3 is 15.7 Å². The van der Waals surface area contributed by atoms with Crippen molar-refractivity contribution >= 4 is 5.69 Å². The molecule has 0 aromatic heterocycles. The molecule has 0 aliphatic heterocycles. The summed E-state index contributed by atoms with van der Waals surface area (Å²) in [5, 5.41) is 8.99. The van der Waals surface area contributed by atoms with Crippen molar-refractivity contribution in [1.29, 1.82) is 0 Å². The molecular weight excluding hydrogens is 236 g/mol. The quantitative estimate of drug-likeness (QED) is 0.857. The van der Waals surface area contributed by atoms with Gasteiger partial charge in [-0.15, -0.1) is 0 Å². The molecule has 1 fully saturated rings. The molecule has 1 aliphatic rings. The van der Waals surface area contributed by atoms with Crippen molar-refractivity contribution in [3.63, 3.8) is 0 Å². The maximum atomic E-state index is 8.99. The number of aliphatic hydroxyl groups excluding tert-OH is 1. The van der Waals surface area contributed by atoms with Gasteiger partial charge in [0.15, 0.2) is 0 Å². The van der Waals surface area contributed by atoms with Crippen LogP contribution in [0.4, 0.5) is 5.69 Å². The smallest absolute Gasteiger partial charge is 0.0599 e. The lowest BCUT2D eigenvalue weighted by Gasteiger charge is -2.25. The first-order valence-electron chi connectivity index (χ1n) is 7.38. The second-order valence-electron chi connectivity index (χ2n) is 5.75. The van der Waals surface area contributed by atoms with E-state index in [9.17, 15) is 0 Å². The van der Waals surface area contributed by atoms with Gasteiger partial charge in [-0.05, 0) is 36.5 Å². The minimum atomic E-state index is -0.178. The molecule has 1 aromatic rings. The number of rotatable bonds is 5. The summed E-state index contributed by atoms with van der Waals surface area (Å²) in [6.07, 6.45) is 6.82. The van der Waals surface area contributed by atoms with Gasteiger partial charge in [0.1, 0.15) is 0 Å². The van der Waals surface area contributed by atoms with E-state index in [1.807, 2.05) is 7.05 Å². The van der Waals surface area contributed by atoms with Gasteiger partial charge in [0.2, 0.25) is 0 Å².